The van der Waals surface area contributed by atoms with Crippen molar-refractivity contribution in [2.75, 3.05) is 10.2 Å². The van der Waals surface area contributed by atoms with E-state index in [9.17, 15) is 0 Å². The number of anilines is 2. The summed E-state index contributed by atoms with van der Waals surface area (Å²) in [5, 5.41) is 3.94. The highest BCUT2D eigenvalue weighted by Crippen LogP contribution is 2.54. The van der Waals surface area contributed by atoms with Crippen LogP contribution < -0.4 is 10.2 Å². The molecule has 2 aromatic carbocycles. The number of allylic oxidation sites excluding steroid dienone is 10. The van der Waals surface area contributed by atoms with Crippen LogP contribution in [0.5, 0.6) is 0 Å². The predicted octanol–water partition coefficient (Wildman–Crippen LogP) is 11.2. The van der Waals surface area contributed by atoms with E-state index in [0.29, 0.717) is 5.41 Å². The molecule has 6 atom stereocenters. The van der Waals surface area contributed by atoms with E-state index in [1.54, 1.807) is 0 Å². The minimum absolute atomic E-state index is 0.0888. The first-order valence-corrected chi connectivity index (χ1v) is 18.4. The number of para-hydroxylation sites is 2. The third-order valence-electron chi connectivity index (χ3n) is 11.6. The van der Waals surface area contributed by atoms with Gasteiger partial charge >= 0.3 is 0 Å². The van der Waals surface area contributed by atoms with E-state index in [2.05, 4.69) is 174 Å². The second kappa shape index (κ2) is 12.6. The van der Waals surface area contributed by atoms with Crippen molar-refractivity contribution in [3.63, 3.8) is 0 Å². The Labute approximate surface area is 294 Å². The van der Waals surface area contributed by atoms with Crippen LogP contribution >= 0.6 is 0 Å². The molecule has 0 bridgehead atoms. The van der Waals surface area contributed by atoms with Crippen molar-refractivity contribution in [1.29, 1.82) is 0 Å². The zero-order valence-electron chi connectivity index (χ0n) is 29.8. The highest BCUT2D eigenvalue weighted by Gasteiger charge is 2.47. The summed E-state index contributed by atoms with van der Waals surface area (Å²) in [6.07, 6.45) is 30.5. The number of hydrogen-bond acceptors (Lipinski definition) is 3. The highest BCUT2D eigenvalue weighted by molar-refractivity contribution is 6.43. The Balaban J connectivity index is 1.16. The number of hydrogen-bond donors (Lipinski definition) is 1. The van der Waals surface area contributed by atoms with E-state index >= 15 is 0 Å². The van der Waals surface area contributed by atoms with Gasteiger partial charge in [0.25, 0.3) is 0 Å². The van der Waals surface area contributed by atoms with Crippen LogP contribution in [0.4, 0.5) is 11.4 Å². The Kier molecular flexibility index (Phi) is 8.25. The van der Waals surface area contributed by atoms with Crippen molar-refractivity contribution in [2.24, 2.45) is 16.7 Å². The second-order valence-corrected chi connectivity index (χ2v) is 16.5. The summed E-state index contributed by atoms with van der Waals surface area (Å²) in [4.78, 5) is 2.63. The van der Waals surface area contributed by atoms with Crippen molar-refractivity contribution in [3.8, 4) is 0 Å². The molecule has 2 aromatic rings. The lowest BCUT2D eigenvalue weighted by atomic mass is 9.43. The molecule has 3 nitrogen and oxygen atoms in total. The second-order valence-electron chi connectivity index (χ2n) is 16.5. The third-order valence-corrected chi connectivity index (χ3v) is 11.6. The number of benzene rings is 2. The molecule has 0 saturated carbocycles. The minimum atomic E-state index is 0.0888. The summed E-state index contributed by atoms with van der Waals surface area (Å²) in [6.45, 7) is 11.9. The summed E-state index contributed by atoms with van der Waals surface area (Å²) in [5.74, 6) is 1.96. The van der Waals surface area contributed by atoms with Crippen LogP contribution in [0.1, 0.15) is 71.8 Å². The fourth-order valence-corrected chi connectivity index (χ4v) is 8.66. The summed E-state index contributed by atoms with van der Waals surface area (Å²) in [7, 11) is 2.62. The van der Waals surface area contributed by atoms with Crippen molar-refractivity contribution in [3.05, 3.63) is 155 Å². The third kappa shape index (κ3) is 6.36. The minimum Gasteiger partial charge on any atom is -0.485 e. The van der Waals surface area contributed by atoms with Gasteiger partial charge < -0.3 is 15.0 Å². The van der Waals surface area contributed by atoms with Crippen LogP contribution in [0.2, 0.25) is 11.6 Å². The number of nitrogens with zero attached hydrogens (tertiary/aromatic N) is 1. The maximum Gasteiger partial charge on any atom is 0.135 e. The molecule has 0 amide bonds. The summed E-state index contributed by atoms with van der Waals surface area (Å²) >= 11 is 0. The molecule has 8 rings (SSSR count). The van der Waals surface area contributed by atoms with E-state index in [-0.39, 0.29) is 41.0 Å². The highest BCUT2D eigenvalue weighted by atomic mass is 16.5. The first-order chi connectivity index (χ1) is 23.6. The van der Waals surface area contributed by atoms with Crippen LogP contribution in [0.3, 0.4) is 0 Å². The molecular weight excluding hydrogens is 595 g/mol. The average Bonchev–Trinajstić information content (AvgIpc) is 3.45. The van der Waals surface area contributed by atoms with Gasteiger partial charge in [0.15, 0.2) is 0 Å². The number of nitrogens with one attached hydrogen (secondary N) is 1. The molecule has 2 fully saturated rings. The first kappa shape index (κ1) is 32.1. The average molecular weight is 646 g/mol. The number of rotatable bonds is 4. The SMILES string of the molecule is CC1=CC(c2ccccc2NC2=CCC(C)(C)CCC(C)(C)CC=C2)C2[B]C3C=C4OC5C=CC=CC5C4=CC3N(c3ccccc3)C2=C1. The topological polar surface area (TPSA) is 24.5 Å². The van der Waals surface area contributed by atoms with Crippen LogP contribution in [0.15, 0.2) is 150 Å². The Bertz CT molecular complexity index is 1850. The molecule has 4 aliphatic carbocycles. The molecule has 2 saturated heterocycles. The molecule has 0 aromatic heterocycles. The molecule has 2 heterocycles. The molecule has 6 unspecified atom stereocenters. The van der Waals surface area contributed by atoms with E-state index < -0.39 is 0 Å². The van der Waals surface area contributed by atoms with Crippen molar-refractivity contribution in [1.82, 2.24) is 0 Å². The fraction of sp³-hybridized carbons (Fsp3) is 0.378. The van der Waals surface area contributed by atoms with Gasteiger partial charge in [0.05, 0.1) is 6.04 Å². The molecule has 1 radical (unpaired) electrons. The fourth-order valence-electron chi connectivity index (χ4n) is 8.66. The summed E-state index contributed by atoms with van der Waals surface area (Å²) in [6, 6.07) is 20.2. The molecule has 249 valence electrons. The van der Waals surface area contributed by atoms with Gasteiger partial charge in [-0.05, 0) is 103 Å². The van der Waals surface area contributed by atoms with Gasteiger partial charge in [0.2, 0.25) is 0 Å². The summed E-state index contributed by atoms with van der Waals surface area (Å²) in [5.41, 5.74) is 9.55. The lowest BCUT2D eigenvalue weighted by Gasteiger charge is -2.50. The van der Waals surface area contributed by atoms with Crippen molar-refractivity contribution < 1.29 is 4.74 Å². The molecule has 2 aliphatic heterocycles. The van der Waals surface area contributed by atoms with Crippen molar-refractivity contribution >= 4 is 18.7 Å². The maximum atomic E-state index is 6.56. The monoisotopic (exact) mass is 645 g/mol. The quantitative estimate of drug-likeness (QED) is 0.335. The van der Waals surface area contributed by atoms with Gasteiger partial charge in [-0.2, -0.15) is 0 Å². The summed E-state index contributed by atoms with van der Waals surface area (Å²) < 4.78 is 6.56. The maximum absolute atomic E-state index is 6.56. The molecular formula is C45H50BN2O. The molecule has 1 N–H and O–H groups in total. The predicted molar refractivity (Wildman–Crippen MR) is 207 cm³/mol. The Morgan fingerprint density at radius 3 is 2.43 bits per heavy atom. The lowest BCUT2D eigenvalue weighted by molar-refractivity contribution is 0.183. The molecule has 4 heteroatoms. The lowest BCUT2D eigenvalue weighted by Crippen LogP contribution is -2.48. The Morgan fingerprint density at radius 1 is 0.837 bits per heavy atom. The number of ether oxygens (including phenoxy) is 1. The normalized spacial score (nSPS) is 30.8. The van der Waals surface area contributed by atoms with E-state index in [1.165, 1.54) is 52.3 Å². The van der Waals surface area contributed by atoms with Crippen LogP contribution in [-0.4, -0.2) is 19.4 Å². The molecule has 0 spiro atoms. The van der Waals surface area contributed by atoms with E-state index in [4.69, 9.17) is 4.74 Å². The zero-order chi connectivity index (χ0) is 33.8. The van der Waals surface area contributed by atoms with Gasteiger partial charge in [-0.3, -0.25) is 0 Å². The smallest absolute Gasteiger partial charge is 0.135 e. The van der Waals surface area contributed by atoms with E-state index in [0.717, 1.165) is 18.6 Å². The standard InChI is InChI=1S/C45H50BN2O/c1-30-26-36(33-17-9-11-19-38(33)47-31-14-13-22-44(2,3)24-25-45(4,5)23-21-31)43-40(27-30)48(32-15-7-6-8-16-32)39-28-35-34-18-10-12-20-41(34)49-42(35)29-37(39)46-43/h6-21,26-29,34,36-37,39,41,43,47H,22-25H2,1-5H3. The van der Waals surface area contributed by atoms with Gasteiger partial charge in [-0.25, -0.2) is 0 Å². The molecule has 6 aliphatic rings. The van der Waals surface area contributed by atoms with Crippen LogP contribution in [0, 0.1) is 16.7 Å². The largest absolute Gasteiger partial charge is 0.485 e. The van der Waals surface area contributed by atoms with Gasteiger partial charge in [-0.15, -0.1) is 0 Å². The first-order valence-electron chi connectivity index (χ1n) is 18.4. The Hall–Kier alpha value is -4.18. The Morgan fingerprint density at radius 2 is 1.59 bits per heavy atom. The van der Waals surface area contributed by atoms with Gasteiger partial charge in [0, 0.05) is 40.2 Å². The van der Waals surface area contributed by atoms with Crippen LogP contribution in [-0.2, 0) is 4.74 Å². The van der Waals surface area contributed by atoms with Crippen LogP contribution in [0.25, 0.3) is 0 Å². The number of fused-ring (bicyclic) bond motifs is 5. The van der Waals surface area contributed by atoms with Gasteiger partial charge in [-0.1, -0.05) is 112 Å². The van der Waals surface area contributed by atoms with Crippen molar-refractivity contribution in [2.45, 2.75) is 90.0 Å². The molecule has 49 heavy (non-hydrogen) atoms. The zero-order valence-corrected chi connectivity index (χ0v) is 29.8. The van der Waals surface area contributed by atoms with E-state index in [1.807, 2.05) is 0 Å². The van der Waals surface area contributed by atoms with Gasteiger partial charge in [0.1, 0.15) is 19.1 Å².